The van der Waals surface area contributed by atoms with Gasteiger partial charge in [0, 0.05) is 23.2 Å². The first-order chi connectivity index (χ1) is 11.7. The largest absolute Gasteiger partial charge is 0.505 e. The van der Waals surface area contributed by atoms with E-state index in [2.05, 4.69) is 15.3 Å². The minimum atomic E-state index is -0.404. The lowest BCUT2D eigenvalue weighted by Crippen LogP contribution is -2.12. The fourth-order valence-electron chi connectivity index (χ4n) is 2.71. The van der Waals surface area contributed by atoms with E-state index >= 15 is 0 Å². The van der Waals surface area contributed by atoms with Crippen molar-refractivity contribution in [1.29, 1.82) is 0 Å². The molecule has 0 aliphatic heterocycles. The topological polar surface area (TPSA) is 75.1 Å². The zero-order chi connectivity index (χ0) is 16.5. The number of carbonyl (C=O) groups excluding carboxylic acids is 1. The van der Waals surface area contributed by atoms with E-state index in [0.717, 1.165) is 10.8 Å². The molecule has 4 rings (SSSR count). The van der Waals surface area contributed by atoms with Crippen LogP contribution >= 0.6 is 0 Å². The van der Waals surface area contributed by atoms with Gasteiger partial charge in [0.25, 0.3) is 5.91 Å². The number of benzene rings is 2. The van der Waals surface area contributed by atoms with Gasteiger partial charge in [-0.15, -0.1) is 0 Å². The van der Waals surface area contributed by atoms with E-state index in [4.69, 9.17) is 0 Å². The molecule has 0 saturated carbocycles. The Labute approximate surface area is 137 Å². The van der Waals surface area contributed by atoms with Crippen LogP contribution in [-0.2, 0) is 0 Å². The summed E-state index contributed by atoms with van der Waals surface area (Å²) in [4.78, 5) is 21.0. The van der Waals surface area contributed by atoms with E-state index < -0.39 is 5.91 Å². The fraction of sp³-hybridized carbons (Fsp3) is 0. The number of pyridine rings is 2. The molecule has 0 aliphatic carbocycles. The highest BCUT2D eigenvalue weighted by Gasteiger charge is 2.15. The Balaban J connectivity index is 1.75. The van der Waals surface area contributed by atoms with Crippen LogP contribution in [0.25, 0.3) is 21.8 Å². The van der Waals surface area contributed by atoms with Gasteiger partial charge in [-0.2, -0.15) is 0 Å². The summed E-state index contributed by atoms with van der Waals surface area (Å²) >= 11 is 0. The zero-order valence-electron chi connectivity index (χ0n) is 12.6. The average Bonchev–Trinajstić information content (AvgIpc) is 2.62. The molecule has 2 aromatic heterocycles. The van der Waals surface area contributed by atoms with Gasteiger partial charge in [0.15, 0.2) is 5.75 Å². The molecule has 1 amide bonds. The maximum atomic E-state index is 12.6. The van der Waals surface area contributed by atoms with Gasteiger partial charge in [-0.3, -0.25) is 14.8 Å². The molecule has 0 atom stereocenters. The Bertz CT molecular complexity index is 1070. The SMILES string of the molecule is O=C(Nc1cccc2cccnc12)c1ccc2cccnc2c1O. The summed E-state index contributed by atoms with van der Waals surface area (Å²) < 4.78 is 0. The van der Waals surface area contributed by atoms with Gasteiger partial charge >= 0.3 is 0 Å². The molecule has 0 unspecified atom stereocenters. The van der Waals surface area contributed by atoms with Crippen molar-refractivity contribution in [3.63, 3.8) is 0 Å². The van der Waals surface area contributed by atoms with Gasteiger partial charge in [-0.05, 0) is 24.3 Å². The standard InChI is InChI=1S/C19H13N3O2/c23-18-14(9-8-13-6-3-11-21-17(13)18)19(24)22-15-7-1-4-12-5-2-10-20-16(12)15/h1-11,23H,(H,22,24). The van der Waals surface area contributed by atoms with Crippen molar-refractivity contribution >= 4 is 33.4 Å². The smallest absolute Gasteiger partial charge is 0.259 e. The number of rotatable bonds is 2. The van der Waals surface area contributed by atoms with Crippen molar-refractivity contribution in [1.82, 2.24) is 9.97 Å². The van der Waals surface area contributed by atoms with E-state index in [-0.39, 0.29) is 11.3 Å². The number of carbonyl (C=O) groups is 1. The summed E-state index contributed by atoms with van der Waals surface area (Å²) in [6, 6.07) is 16.3. The molecule has 0 fully saturated rings. The van der Waals surface area contributed by atoms with Crippen LogP contribution < -0.4 is 5.32 Å². The van der Waals surface area contributed by atoms with Gasteiger partial charge in [-0.25, -0.2) is 0 Å². The van der Waals surface area contributed by atoms with E-state index in [0.29, 0.717) is 16.7 Å². The lowest BCUT2D eigenvalue weighted by Gasteiger charge is -2.10. The van der Waals surface area contributed by atoms with Gasteiger partial charge in [0.1, 0.15) is 5.52 Å². The van der Waals surface area contributed by atoms with Crippen molar-refractivity contribution in [3.05, 3.63) is 72.6 Å². The average molecular weight is 315 g/mol. The molecule has 0 saturated heterocycles. The van der Waals surface area contributed by atoms with Crippen molar-refractivity contribution in [2.75, 3.05) is 5.32 Å². The number of hydrogen-bond donors (Lipinski definition) is 2. The van der Waals surface area contributed by atoms with Crippen molar-refractivity contribution in [2.24, 2.45) is 0 Å². The third kappa shape index (κ3) is 2.32. The second-order valence-corrected chi connectivity index (χ2v) is 5.37. The molecular weight excluding hydrogens is 302 g/mol. The Morgan fingerprint density at radius 3 is 2.29 bits per heavy atom. The number of aromatic nitrogens is 2. The number of para-hydroxylation sites is 1. The highest BCUT2D eigenvalue weighted by molar-refractivity contribution is 6.11. The van der Waals surface area contributed by atoms with Crippen LogP contribution in [0.3, 0.4) is 0 Å². The normalized spacial score (nSPS) is 10.8. The Morgan fingerprint density at radius 2 is 1.50 bits per heavy atom. The lowest BCUT2D eigenvalue weighted by molar-refractivity contribution is 0.102. The first kappa shape index (κ1) is 14.1. The zero-order valence-corrected chi connectivity index (χ0v) is 12.6. The summed E-state index contributed by atoms with van der Waals surface area (Å²) in [7, 11) is 0. The van der Waals surface area contributed by atoms with Crippen LogP contribution in [0.15, 0.2) is 67.0 Å². The molecule has 2 heterocycles. The number of nitrogens with one attached hydrogen (secondary N) is 1. The second kappa shape index (κ2) is 5.62. The minimum absolute atomic E-state index is 0.126. The third-order valence-corrected chi connectivity index (χ3v) is 3.87. The molecule has 4 aromatic rings. The van der Waals surface area contributed by atoms with Crippen LogP contribution in [0, 0.1) is 0 Å². The molecule has 5 heteroatoms. The van der Waals surface area contributed by atoms with E-state index in [9.17, 15) is 9.90 Å². The van der Waals surface area contributed by atoms with E-state index in [1.165, 1.54) is 0 Å². The summed E-state index contributed by atoms with van der Waals surface area (Å²) in [5, 5.41) is 14.9. The van der Waals surface area contributed by atoms with E-state index in [1.807, 2.05) is 30.3 Å². The first-order valence-corrected chi connectivity index (χ1v) is 7.46. The van der Waals surface area contributed by atoms with Crippen molar-refractivity contribution in [2.45, 2.75) is 0 Å². The highest BCUT2D eigenvalue weighted by Crippen LogP contribution is 2.28. The summed E-state index contributed by atoms with van der Waals surface area (Å²) in [6.45, 7) is 0. The second-order valence-electron chi connectivity index (χ2n) is 5.37. The summed E-state index contributed by atoms with van der Waals surface area (Å²) in [6.07, 6.45) is 3.26. The van der Waals surface area contributed by atoms with Gasteiger partial charge < -0.3 is 10.4 Å². The molecule has 0 spiro atoms. The number of phenols is 1. The van der Waals surface area contributed by atoms with E-state index in [1.54, 1.807) is 36.7 Å². The minimum Gasteiger partial charge on any atom is -0.505 e. The van der Waals surface area contributed by atoms with Crippen molar-refractivity contribution in [3.8, 4) is 5.75 Å². The summed E-state index contributed by atoms with van der Waals surface area (Å²) in [5.41, 5.74) is 1.88. The Morgan fingerprint density at radius 1 is 0.833 bits per heavy atom. The molecule has 2 aromatic carbocycles. The highest BCUT2D eigenvalue weighted by atomic mass is 16.3. The molecule has 116 valence electrons. The summed E-state index contributed by atoms with van der Waals surface area (Å²) in [5.74, 6) is -0.531. The number of phenolic OH excluding ortho intramolecular Hbond substituents is 1. The molecule has 0 aliphatic rings. The number of nitrogens with zero attached hydrogens (tertiary/aromatic N) is 2. The molecule has 5 nitrogen and oxygen atoms in total. The number of aromatic hydroxyl groups is 1. The number of anilines is 1. The van der Waals surface area contributed by atoms with Crippen LogP contribution in [-0.4, -0.2) is 21.0 Å². The monoisotopic (exact) mass is 315 g/mol. The predicted molar refractivity (Wildman–Crippen MR) is 93.1 cm³/mol. The molecular formula is C19H13N3O2. The molecule has 24 heavy (non-hydrogen) atoms. The number of amides is 1. The first-order valence-electron chi connectivity index (χ1n) is 7.46. The number of hydrogen-bond acceptors (Lipinski definition) is 4. The van der Waals surface area contributed by atoms with Crippen LogP contribution in [0.2, 0.25) is 0 Å². The predicted octanol–water partition coefficient (Wildman–Crippen LogP) is 3.74. The maximum absolute atomic E-state index is 12.6. The molecule has 2 N–H and O–H groups in total. The Hall–Kier alpha value is -3.47. The van der Waals surface area contributed by atoms with Crippen LogP contribution in [0.4, 0.5) is 5.69 Å². The van der Waals surface area contributed by atoms with Gasteiger partial charge in [0.05, 0.1) is 16.8 Å². The van der Waals surface area contributed by atoms with Gasteiger partial charge in [0.2, 0.25) is 0 Å². The lowest BCUT2D eigenvalue weighted by atomic mass is 10.1. The van der Waals surface area contributed by atoms with Crippen LogP contribution in [0.1, 0.15) is 10.4 Å². The molecule has 0 bridgehead atoms. The van der Waals surface area contributed by atoms with Crippen LogP contribution in [0.5, 0.6) is 5.75 Å². The molecule has 0 radical (unpaired) electrons. The fourth-order valence-corrected chi connectivity index (χ4v) is 2.71. The van der Waals surface area contributed by atoms with Crippen molar-refractivity contribution < 1.29 is 9.90 Å². The number of fused-ring (bicyclic) bond motifs is 2. The third-order valence-electron chi connectivity index (χ3n) is 3.87. The van der Waals surface area contributed by atoms with Gasteiger partial charge in [-0.1, -0.05) is 30.3 Å². The quantitative estimate of drug-likeness (QED) is 0.591. The maximum Gasteiger partial charge on any atom is 0.259 e. The Kier molecular flexibility index (Phi) is 3.31.